The molecule has 5 N–H and O–H groups in total. The van der Waals surface area contributed by atoms with Gasteiger partial charge in [0, 0.05) is 5.92 Å². The van der Waals surface area contributed by atoms with Gasteiger partial charge in [0.1, 0.15) is 11.6 Å². The van der Waals surface area contributed by atoms with Crippen LogP contribution in [0.5, 0.6) is 5.75 Å². The smallest absolute Gasteiger partial charge is 0.335 e. The second kappa shape index (κ2) is 9.18. The second-order valence-corrected chi connectivity index (χ2v) is 7.01. The summed E-state index contributed by atoms with van der Waals surface area (Å²) in [6.07, 6.45) is 0.644. The van der Waals surface area contributed by atoms with E-state index in [0.29, 0.717) is 17.7 Å². The summed E-state index contributed by atoms with van der Waals surface area (Å²) in [5.74, 6) is 6.34. The maximum absolute atomic E-state index is 11.1. The van der Waals surface area contributed by atoms with Gasteiger partial charge in [0.2, 0.25) is 5.95 Å². The highest BCUT2D eigenvalue weighted by atomic mass is 16.5. The molecule has 3 rings (SSSR count). The fourth-order valence-corrected chi connectivity index (χ4v) is 3.16. The van der Waals surface area contributed by atoms with E-state index in [-0.39, 0.29) is 23.2 Å². The van der Waals surface area contributed by atoms with Crippen LogP contribution in [0.15, 0.2) is 42.5 Å². The number of nitrogen functional groups attached to an aromatic ring is 2. The molecule has 0 spiro atoms. The van der Waals surface area contributed by atoms with Crippen LogP contribution in [0.3, 0.4) is 0 Å². The number of hydrogen-bond acceptors (Lipinski definition) is 6. The van der Waals surface area contributed by atoms with Crippen LogP contribution in [-0.2, 0) is 6.42 Å². The van der Waals surface area contributed by atoms with Crippen molar-refractivity contribution in [3.8, 4) is 28.7 Å². The van der Waals surface area contributed by atoms with Crippen molar-refractivity contribution >= 4 is 17.7 Å². The quantitative estimate of drug-likeness (QED) is 0.541. The van der Waals surface area contributed by atoms with Gasteiger partial charge in [0.15, 0.2) is 0 Å². The number of carbonyl (C=O) groups is 1. The lowest BCUT2D eigenvalue weighted by molar-refractivity contribution is 0.0697. The van der Waals surface area contributed by atoms with Crippen LogP contribution in [0.1, 0.15) is 46.9 Å². The Morgan fingerprint density at radius 1 is 1.13 bits per heavy atom. The number of carboxylic acid groups (broad SMARTS) is 1. The number of benzene rings is 2. The maximum Gasteiger partial charge on any atom is 0.335 e. The highest BCUT2D eigenvalue weighted by Gasteiger charge is 2.11. The van der Waals surface area contributed by atoms with Crippen molar-refractivity contribution in [1.82, 2.24) is 9.97 Å². The Morgan fingerprint density at radius 3 is 2.45 bits per heavy atom. The minimum atomic E-state index is -0.959. The average Bonchev–Trinajstić information content (AvgIpc) is 2.77. The van der Waals surface area contributed by atoms with Crippen LogP contribution in [0.2, 0.25) is 0 Å². The van der Waals surface area contributed by atoms with Crippen molar-refractivity contribution in [2.45, 2.75) is 26.2 Å². The van der Waals surface area contributed by atoms with Crippen LogP contribution >= 0.6 is 0 Å². The zero-order valence-electron chi connectivity index (χ0n) is 17.6. The fraction of sp³-hybridized carbons (Fsp3) is 0.208. The van der Waals surface area contributed by atoms with Crippen molar-refractivity contribution in [3.63, 3.8) is 0 Å². The van der Waals surface area contributed by atoms with Crippen molar-refractivity contribution < 1.29 is 14.6 Å². The number of aromatic carboxylic acids is 1. The van der Waals surface area contributed by atoms with E-state index in [1.807, 2.05) is 32.0 Å². The number of aromatic nitrogens is 2. The lowest BCUT2D eigenvalue weighted by Crippen LogP contribution is -2.06. The SMILES string of the molecule is CCc1nc(N)nc(N)c1C#C[C@H](C)c1cc(OC)cc(-c2ccc(C(=O)O)cc2)c1. The molecule has 0 aliphatic heterocycles. The lowest BCUT2D eigenvalue weighted by atomic mass is 9.95. The largest absolute Gasteiger partial charge is 0.497 e. The van der Waals surface area contributed by atoms with Gasteiger partial charge in [-0.15, -0.1) is 0 Å². The molecule has 0 saturated carbocycles. The molecule has 0 saturated heterocycles. The van der Waals surface area contributed by atoms with E-state index in [0.717, 1.165) is 22.4 Å². The third-order valence-corrected chi connectivity index (χ3v) is 4.91. The topological polar surface area (TPSA) is 124 Å². The molecule has 7 nitrogen and oxygen atoms in total. The number of ether oxygens (including phenoxy) is 1. The summed E-state index contributed by atoms with van der Waals surface area (Å²) < 4.78 is 5.46. The van der Waals surface area contributed by atoms with Gasteiger partial charge in [-0.3, -0.25) is 0 Å². The Labute approximate surface area is 181 Å². The molecule has 0 bridgehead atoms. The predicted octanol–water partition coefficient (Wildman–Crippen LogP) is 3.73. The maximum atomic E-state index is 11.1. The molecule has 2 aromatic carbocycles. The van der Waals surface area contributed by atoms with Crippen LogP contribution in [0.4, 0.5) is 11.8 Å². The summed E-state index contributed by atoms with van der Waals surface area (Å²) in [4.78, 5) is 19.3. The molecule has 7 heteroatoms. The third kappa shape index (κ3) is 4.93. The Bertz CT molecular complexity index is 1180. The standard InChI is InChI=1S/C24H24N4O3/c1-4-21-20(22(25)28-24(26)27-21)10-5-14(2)17-11-18(13-19(12-17)31-3)15-6-8-16(9-7-15)23(29)30/h6-9,11-14H,4H2,1-3H3,(H,29,30)(H4,25,26,27,28)/t14-/m0/s1. The molecule has 0 unspecified atom stereocenters. The summed E-state index contributed by atoms with van der Waals surface area (Å²) in [5, 5.41) is 9.11. The first-order valence-corrected chi connectivity index (χ1v) is 9.78. The van der Waals surface area contributed by atoms with Crippen molar-refractivity contribution in [1.29, 1.82) is 0 Å². The third-order valence-electron chi connectivity index (χ3n) is 4.91. The van der Waals surface area contributed by atoms with E-state index in [1.165, 1.54) is 0 Å². The molecule has 1 heterocycles. The van der Waals surface area contributed by atoms with E-state index in [2.05, 4.69) is 21.8 Å². The van der Waals surface area contributed by atoms with Gasteiger partial charge in [0.05, 0.1) is 23.9 Å². The van der Waals surface area contributed by atoms with E-state index >= 15 is 0 Å². The monoisotopic (exact) mass is 416 g/mol. The van der Waals surface area contributed by atoms with E-state index in [4.69, 9.17) is 21.3 Å². The summed E-state index contributed by atoms with van der Waals surface area (Å²) in [5.41, 5.74) is 16.0. The first kappa shape index (κ1) is 21.7. The van der Waals surface area contributed by atoms with Gasteiger partial charge in [-0.05, 0) is 60.4 Å². The van der Waals surface area contributed by atoms with Crippen LogP contribution in [0, 0.1) is 11.8 Å². The van der Waals surface area contributed by atoms with Gasteiger partial charge in [-0.2, -0.15) is 4.98 Å². The summed E-state index contributed by atoms with van der Waals surface area (Å²) >= 11 is 0. The Balaban J connectivity index is 1.98. The number of anilines is 2. The van der Waals surface area contributed by atoms with Crippen molar-refractivity contribution in [2.75, 3.05) is 18.6 Å². The summed E-state index contributed by atoms with van der Waals surface area (Å²) in [7, 11) is 1.60. The van der Waals surface area contributed by atoms with Crippen LogP contribution in [0.25, 0.3) is 11.1 Å². The Hall–Kier alpha value is -4.05. The van der Waals surface area contributed by atoms with E-state index < -0.39 is 5.97 Å². The van der Waals surface area contributed by atoms with E-state index in [9.17, 15) is 4.79 Å². The highest BCUT2D eigenvalue weighted by molar-refractivity contribution is 5.88. The molecule has 3 aromatic rings. The van der Waals surface area contributed by atoms with Gasteiger partial charge >= 0.3 is 5.97 Å². The zero-order chi connectivity index (χ0) is 22.5. The molecule has 158 valence electrons. The normalized spacial score (nSPS) is 11.3. The number of carboxylic acids is 1. The van der Waals surface area contributed by atoms with Crippen molar-refractivity contribution in [2.24, 2.45) is 0 Å². The molecule has 0 fully saturated rings. The fourth-order valence-electron chi connectivity index (χ4n) is 3.16. The van der Waals surface area contributed by atoms with Gasteiger partial charge in [0.25, 0.3) is 0 Å². The number of hydrogen-bond donors (Lipinski definition) is 3. The molecule has 1 atom stereocenters. The highest BCUT2D eigenvalue weighted by Crippen LogP contribution is 2.30. The van der Waals surface area contributed by atoms with Crippen molar-refractivity contribution in [3.05, 3.63) is 64.8 Å². The van der Waals surface area contributed by atoms with E-state index in [1.54, 1.807) is 31.4 Å². The number of nitrogens with two attached hydrogens (primary N) is 2. The molecular formula is C24H24N4O3. The first-order valence-electron chi connectivity index (χ1n) is 9.78. The number of aryl methyl sites for hydroxylation is 1. The Kier molecular flexibility index (Phi) is 6.41. The predicted molar refractivity (Wildman–Crippen MR) is 121 cm³/mol. The first-order chi connectivity index (χ1) is 14.8. The number of methoxy groups -OCH3 is 1. The van der Waals surface area contributed by atoms with Gasteiger partial charge < -0.3 is 21.3 Å². The number of rotatable bonds is 5. The van der Waals surface area contributed by atoms with Crippen LogP contribution < -0.4 is 16.2 Å². The zero-order valence-corrected chi connectivity index (χ0v) is 17.6. The molecular weight excluding hydrogens is 392 g/mol. The lowest BCUT2D eigenvalue weighted by Gasteiger charge is -2.12. The van der Waals surface area contributed by atoms with Gasteiger partial charge in [-0.1, -0.05) is 30.9 Å². The second-order valence-electron chi connectivity index (χ2n) is 7.01. The summed E-state index contributed by atoms with van der Waals surface area (Å²) in [6.45, 7) is 3.94. The van der Waals surface area contributed by atoms with Crippen LogP contribution in [-0.4, -0.2) is 28.2 Å². The molecule has 0 radical (unpaired) electrons. The Morgan fingerprint density at radius 2 is 1.84 bits per heavy atom. The minimum Gasteiger partial charge on any atom is -0.497 e. The molecule has 31 heavy (non-hydrogen) atoms. The summed E-state index contributed by atoms with van der Waals surface area (Å²) in [6, 6.07) is 12.6. The molecule has 0 aliphatic carbocycles. The average molecular weight is 416 g/mol. The number of nitrogens with zero attached hydrogens (tertiary/aromatic N) is 2. The molecule has 0 amide bonds. The minimum absolute atomic E-state index is 0.131. The molecule has 0 aliphatic rings. The van der Waals surface area contributed by atoms with Gasteiger partial charge in [-0.25, -0.2) is 9.78 Å². The molecule has 1 aromatic heterocycles.